The molecule has 0 heterocycles. The first-order valence-electron chi connectivity index (χ1n) is 4.56. The van der Waals surface area contributed by atoms with Crippen LogP contribution in [0.5, 0.6) is 0 Å². The van der Waals surface area contributed by atoms with Crippen molar-refractivity contribution in [2.45, 2.75) is 45.6 Å². The monoisotopic (exact) mass is 301 g/mol. The molecule has 0 spiro atoms. The summed E-state index contributed by atoms with van der Waals surface area (Å²) in [5.74, 6) is 0. The van der Waals surface area contributed by atoms with E-state index in [0.29, 0.717) is 6.04 Å². The highest BCUT2D eigenvalue weighted by Crippen LogP contribution is 2.10. The maximum Gasteiger partial charge on any atom is 0.166 e. The topological polar surface area (TPSA) is 21.7 Å². The molecule has 3 nitrogen and oxygen atoms in total. The lowest BCUT2D eigenvalue weighted by molar-refractivity contribution is -0.0874. The van der Waals surface area contributed by atoms with Crippen molar-refractivity contribution in [3.63, 3.8) is 0 Å². The van der Waals surface area contributed by atoms with E-state index in [9.17, 15) is 0 Å². The summed E-state index contributed by atoms with van der Waals surface area (Å²) in [6.07, 6.45) is 1.14. The summed E-state index contributed by atoms with van der Waals surface area (Å²) < 4.78 is 10.6. The lowest BCUT2D eigenvalue weighted by atomic mass is 10.1. The third-order valence-electron chi connectivity index (χ3n) is 2.10. The molecule has 0 bridgehead atoms. The van der Waals surface area contributed by atoms with Crippen molar-refractivity contribution < 1.29 is 7.80 Å². The van der Waals surface area contributed by atoms with Gasteiger partial charge in [-0.3, -0.25) is 3.07 Å². The predicted octanol–water partition coefficient (Wildman–Crippen LogP) is 2.44. The first-order valence-corrected chi connectivity index (χ1v) is 5.44. The van der Waals surface area contributed by atoms with Gasteiger partial charge in [0.05, 0.1) is 6.10 Å². The van der Waals surface area contributed by atoms with Crippen molar-refractivity contribution in [1.82, 2.24) is 4.90 Å². The molecule has 0 unspecified atom stereocenters. The number of hydrogen-bond acceptors (Lipinski definition) is 3. The molecule has 80 valence electrons. The minimum absolute atomic E-state index is 0.120. The van der Waals surface area contributed by atoms with Crippen LogP contribution in [0.1, 0.15) is 27.2 Å². The van der Waals surface area contributed by atoms with E-state index >= 15 is 0 Å². The average molecular weight is 301 g/mol. The molecule has 0 amide bonds. The van der Waals surface area contributed by atoms with Crippen molar-refractivity contribution in [3.05, 3.63) is 0 Å². The van der Waals surface area contributed by atoms with E-state index in [0.717, 1.165) is 6.42 Å². The van der Waals surface area contributed by atoms with Gasteiger partial charge in [-0.2, -0.15) is 0 Å². The van der Waals surface area contributed by atoms with Gasteiger partial charge < -0.3 is 9.64 Å². The van der Waals surface area contributed by atoms with Crippen LogP contribution in [-0.2, 0) is 7.80 Å². The molecular formula is C9H20INO2. The van der Waals surface area contributed by atoms with Gasteiger partial charge in [0.25, 0.3) is 0 Å². The Morgan fingerprint density at radius 1 is 1.23 bits per heavy atom. The minimum Gasteiger partial charge on any atom is -0.349 e. The summed E-state index contributed by atoms with van der Waals surface area (Å²) in [6.45, 7) is 6.17. The predicted molar refractivity (Wildman–Crippen MR) is 62.9 cm³/mol. The van der Waals surface area contributed by atoms with Crippen molar-refractivity contribution in [2.24, 2.45) is 0 Å². The summed E-state index contributed by atoms with van der Waals surface area (Å²) in [5, 5.41) is 0. The fraction of sp³-hybridized carbons (Fsp3) is 1.00. The van der Waals surface area contributed by atoms with E-state index in [1.807, 2.05) is 29.9 Å². The molecule has 4 heteroatoms. The lowest BCUT2D eigenvalue weighted by Gasteiger charge is -2.24. The molecule has 0 aromatic heterocycles. The van der Waals surface area contributed by atoms with Crippen LogP contribution in [0.15, 0.2) is 0 Å². The van der Waals surface area contributed by atoms with Gasteiger partial charge in [-0.1, -0.05) is 0 Å². The molecule has 0 N–H and O–H groups in total. The molecule has 3 atom stereocenters. The molecule has 0 aliphatic carbocycles. The Morgan fingerprint density at radius 2 is 1.77 bits per heavy atom. The number of nitrogens with zero attached hydrogens (tertiary/aromatic N) is 1. The lowest BCUT2D eigenvalue weighted by Crippen LogP contribution is -2.30. The first kappa shape index (κ1) is 13.6. The average Bonchev–Trinajstić information content (AvgIpc) is 2.03. The van der Waals surface area contributed by atoms with E-state index in [4.69, 9.17) is 7.80 Å². The van der Waals surface area contributed by atoms with E-state index < -0.39 is 0 Å². The second-order valence-corrected chi connectivity index (χ2v) is 4.16. The Balaban J connectivity index is 3.67. The Kier molecular flexibility index (Phi) is 7.30. The number of halogens is 1. The molecule has 0 aromatic carbocycles. The second kappa shape index (κ2) is 6.98. The van der Waals surface area contributed by atoms with Crippen LogP contribution in [0.3, 0.4) is 0 Å². The van der Waals surface area contributed by atoms with Crippen LogP contribution >= 0.6 is 23.0 Å². The van der Waals surface area contributed by atoms with Gasteiger partial charge in [0.15, 0.2) is 6.29 Å². The zero-order valence-electron chi connectivity index (χ0n) is 9.08. The smallest absolute Gasteiger partial charge is 0.166 e. The van der Waals surface area contributed by atoms with Crippen LogP contribution in [0, 0.1) is 0 Å². The van der Waals surface area contributed by atoms with Gasteiger partial charge in [0.2, 0.25) is 0 Å². The molecule has 0 aliphatic heterocycles. The van der Waals surface area contributed by atoms with E-state index in [1.54, 1.807) is 0 Å². The minimum atomic E-state index is -0.120. The summed E-state index contributed by atoms with van der Waals surface area (Å²) in [6, 6.07) is 0.538. The maximum atomic E-state index is 5.56. The van der Waals surface area contributed by atoms with E-state index in [-0.39, 0.29) is 12.4 Å². The molecule has 13 heavy (non-hydrogen) atoms. The zero-order chi connectivity index (χ0) is 10.4. The van der Waals surface area contributed by atoms with Gasteiger partial charge in [-0.15, -0.1) is 0 Å². The molecule has 0 aromatic rings. The fourth-order valence-corrected chi connectivity index (χ4v) is 1.21. The van der Waals surface area contributed by atoms with Crippen LogP contribution in [0.2, 0.25) is 0 Å². The molecule has 0 radical (unpaired) electrons. The summed E-state index contributed by atoms with van der Waals surface area (Å²) in [7, 11) is 4.16. The van der Waals surface area contributed by atoms with Crippen molar-refractivity contribution >= 4 is 23.0 Å². The van der Waals surface area contributed by atoms with Gasteiger partial charge in [-0.25, -0.2) is 0 Å². The number of ether oxygens (including phenoxy) is 1. The van der Waals surface area contributed by atoms with Gasteiger partial charge >= 0.3 is 0 Å². The highest BCUT2D eigenvalue weighted by Gasteiger charge is 2.13. The summed E-state index contributed by atoms with van der Waals surface area (Å²) in [5.41, 5.74) is 0. The van der Waals surface area contributed by atoms with Crippen molar-refractivity contribution in [2.75, 3.05) is 14.1 Å². The first-order chi connectivity index (χ1) is 5.97. The highest BCUT2D eigenvalue weighted by molar-refractivity contribution is 14.1. The maximum absolute atomic E-state index is 5.56. The third-order valence-corrected chi connectivity index (χ3v) is 2.82. The quantitative estimate of drug-likeness (QED) is 0.555. The molecule has 0 aliphatic rings. The Labute approximate surface area is 95.5 Å². The molecular weight excluding hydrogens is 281 g/mol. The number of hydrogen-bond donors (Lipinski definition) is 0. The standard InChI is InChI=1S/C9H20INO2/c1-7(11(4)5)6-8(2)12-9(3)13-10/h7-9H,6H2,1-5H3/t7-,8-,9+/m1/s1. The van der Waals surface area contributed by atoms with E-state index in [1.165, 1.54) is 0 Å². The van der Waals surface area contributed by atoms with Crippen LogP contribution in [0.4, 0.5) is 0 Å². The normalized spacial score (nSPS) is 18.7. The van der Waals surface area contributed by atoms with Crippen molar-refractivity contribution in [3.8, 4) is 0 Å². The molecule has 0 fully saturated rings. The summed E-state index contributed by atoms with van der Waals surface area (Å²) >= 11 is 1.86. The van der Waals surface area contributed by atoms with Gasteiger partial charge in [-0.05, 0) is 41.3 Å². The Hall–Kier alpha value is 0.610. The van der Waals surface area contributed by atoms with Gasteiger partial charge in [0, 0.05) is 6.04 Å². The SMILES string of the molecule is C[C@H](OI)O[C@H](C)C[C@@H](C)N(C)C. The molecule has 0 saturated carbocycles. The Morgan fingerprint density at radius 3 is 2.15 bits per heavy atom. The van der Waals surface area contributed by atoms with Crippen molar-refractivity contribution in [1.29, 1.82) is 0 Å². The largest absolute Gasteiger partial charge is 0.349 e. The highest BCUT2D eigenvalue weighted by atomic mass is 127. The number of rotatable bonds is 6. The van der Waals surface area contributed by atoms with Crippen LogP contribution < -0.4 is 0 Å². The zero-order valence-corrected chi connectivity index (χ0v) is 11.2. The van der Waals surface area contributed by atoms with Gasteiger partial charge in [0.1, 0.15) is 23.0 Å². The summed E-state index contributed by atoms with van der Waals surface area (Å²) in [4.78, 5) is 2.19. The fourth-order valence-electron chi connectivity index (χ4n) is 1.09. The van der Waals surface area contributed by atoms with Crippen LogP contribution in [-0.4, -0.2) is 37.4 Å². The van der Waals surface area contributed by atoms with E-state index in [2.05, 4.69) is 32.8 Å². The Bertz CT molecular complexity index is 133. The molecule has 0 rings (SSSR count). The molecule has 0 saturated heterocycles. The third kappa shape index (κ3) is 6.65. The second-order valence-electron chi connectivity index (χ2n) is 3.65. The van der Waals surface area contributed by atoms with Crippen LogP contribution in [0.25, 0.3) is 0 Å².